The molecule has 0 bridgehead atoms. The Morgan fingerprint density at radius 3 is 2.89 bits per heavy atom. The summed E-state index contributed by atoms with van der Waals surface area (Å²) in [6.45, 7) is 2.97. The highest BCUT2D eigenvalue weighted by molar-refractivity contribution is 5.92. The van der Waals surface area contributed by atoms with Crippen LogP contribution < -0.4 is 16.0 Å². The molecule has 0 radical (unpaired) electrons. The van der Waals surface area contributed by atoms with Crippen molar-refractivity contribution in [1.29, 1.82) is 0 Å². The average molecular weight is 249 g/mol. The van der Waals surface area contributed by atoms with Crippen LogP contribution in [0.25, 0.3) is 0 Å². The van der Waals surface area contributed by atoms with Crippen molar-refractivity contribution < 1.29 is 9.59 Å². The van der Waals surface area contributed by atoms with Gasteiger partial charge in [0, 0.05) is 19.5 Å². The van der Waals surface area contributed by atoms with Crippen molar-refractivity contribution in [2.75, 3.05) is 18.4 Å². The molecular weight excluding hydrogens is 234 g/mol. The Morgan fingerprint density at radius 2 is 2.33 bits per heavy atom. The van der Waals surface area contributed by atoms with Gasteiger partial charge in [-0.3, -0.25) is 9.59 Å². The third-order valence-electron chi connectivity index (χ3n) is 2.56. The van der Waals surface area contributed by atoms with Crippen LogP contribution >= 0.6 is 0 Å². The van der Waals surface area contributed by atoms with Gasteiger partial charge in [-0.15, -0.1) is 10.2 Å². The molecule has 2 rings (SSSR count). The minimum Gasteiger partial charge on any atom is -0.364 e. The van der Waals surface area contributed by atoms with Gasteiger partial charge in [0.25, 0.3) is 5.91 Å². The summed E-state index contributed by atoms with van der Waals surface area (Å²) in [5, 5.41) is 16.2. The van der Waals surface area contributed by atoms with Gasteiger partial charge in [0.15, 0.2) is 5.69 Å². The molecule has 3 N–H and O–H groups in total. The van der Waals surface area contributed by atoms with Crippen molar-refractivity contribution in [2.24, 2.45) is 0 Å². The highest BCUT2D eigenvalue weighted by Gasteiger charge is 2.21. The number of carbonyl (C=O) groups is 2. The summed E-state index contributed by atoms with van der Waals surface area (Å²) in [6.07, 6.45) is 0.430. The Kier molecular flexibility index (Phi) is 3.71. The van der Waals surface area contributed by atoms with Crippen molar-refractivity contribution in [3.63, 3.8) is 0 Å². The molecule has 1 unspecified atom stereocenters. The van der Waals surface area contributed by atoms with Crippen LogP contribution in [0.4, 0.5) is 5.82 Å². The largest absolute Gasteiger partial charge is 0.364 e. The second kappa shape index (κ2) is 5.44. The normalized spacial score (nSPS) is 18.3. The third kappa shape index (κ3) is 2.93. The molecule has 1 aromatic rings. The quantitative estimate of drug-likeness (QED) is 0.670. The second-order valence-electron chi connectivity index (χ2n) is 4.01. The topological polar surface area (TPSA) is 96.0 Å². The Morgan fingerprint density at radius 1 is 1.50 bits per heavy atom. The lowest BCUT2D eigenvalue weighted by molar-refractivity contribution is -0.119. The minimum atomic E-state index is -0.241. The fourth-order valence-electron chi connectivity index (χ4n) is 1.70. The zero-order valence-corrected chi connectivity index (χ0v) is 10.1. The maximum atomic E-state index is 11.5. The van der Waals surface area contributed by atoms with Crippen LogP contribution in [-0.4, -0.2) is 41.1 Å². The van der Waals surface area contributed by atoms with E-state index in [0.717, 1.165) is 0 Å². The van der Waals surface area contributed by atoms with E-state index in [9.17, 15) is 9.59 Å². The van der Waals surface area contributed by atoms with Crippen molar-refractivity contribution >= 4 is 17.6 Å². The van der Waals surface area contributed by atoms with Gasteiger partial charge < -0.3 is 16.0 Å². The van der Waals surface area contributed by atoms with Gasteiger partial charge in [0.05, 0.1) is 6.04 Å². The number of hydrogen-bond acceptors (Lipinski definition) is 5. The van der Waals surface area contributed by atoms with E-state index < -0.39 is 0 Å². The van der Waals surface area contributed by atoms with Gasteiger partial charge in [-0.05, 0) is 19.1 Å². The molecule has 1 saturated heterocycles. The van der Waals surface area contributed by atoms with E-state index in [1.54, 1.807) is 12.1 Å². The van der Waals surface area contributed by atoms with Crippen molar-refractivity contribution in [3.05, 3.63) is 17.8 Å². The summed E-state index contributed by atoms with van der Waals surface area (Å²) in [6, 6.07) is 3.31. The lowest BCUT2D eigenvalue weighted by Crippen LogP contribution is -2.25. The summed E-state index contributed by atoms with van der Waals surface area (Å²) >= 11 is 0. The number of anilines is 1. The highest BCUT2D eigenvalue weighted by atomic mass is 16.2. The molecule has 7 nitrogen and oxygen atoms in total. The molecular formula is C11H15N5O2. The molecule has 0 saturated carbocycles. The van der Waals surface area contributed by atoms with Crippen molar-refractivity contribution in [1.82, 2.24) is 20.8 Å². The minimum absolute atomic E-state index is 0.0272. The van der Waals surface area contributed by atoms with E-state index >= 15 is 0 Å². The SMILES string of the molecule is CCNC(=O)c1ccc(NC2CNC(=O)C2)nn1. The molecule has 1 aliphatic heterocycles. The summed E-state index contributed by atoms with van der Waals surface area (Å²) in [7, 11) is 0. The summed E-state index contributed by atoms with van der Waals surface area (Å²) in [5.74, 6) is 0.346. The van der Waals surface area contributed by atoms with E-state index in [-0.39, 0.29) is 23.6 Å². The molecule has 18 heavy (non-hydrogen) atoms. The molecule has 1 atom stereocenters. The van der Waals surface area contributed by atoms with E-state index in [1.807, 2.05) is 6.92 Å². The molecule has 0 aliphatic carbocycles. The maximum absolute atomic E-state index is 11.5. The number of rotatable bonds is 4. The molecule has 0 spiro atoms. The fourth-order valence-corrected chi connectivity index (χ4v) is 1.70. The van der Waals surface area contributed by atoms with Gasteiger partial charge in [-0.1, -0.05) is 0 Å². The van der Waals surface area contributed by atoms with E-state index in [4.69, 9.17) is 0 Å². The number of nitrogens with one attached hydrogen (secondary N) is 3. The first-order valence-electron chi connectivity index (χ1n) is 5.84. The van der Waals surface area contributed by atoms with Gasteiger partial charge >= 0.3 is 0 Å². The Hall–Kier alpha value is -2.18. The third-order valence-corrected chi connectivity index (χ3v) is 2.56. The Balaban J connectivity index is 1.95. The molecule has 0 aromatic carbocycles. The smallest absolute Gasteiger partial charge is 0.271 e. The Bertz CT molecular complexity index is 445. The zero-order valence-electron chi connectivity index (χ0n) is 10.1. The molecule has 7 heteroatoms. The summed E-state index contributed by atoms with van der Waals surface area (Å²) < 4.78 is 0. The van der Waals surface area contributed by atoms with Crippen LogP contribution in [-0.2, 0) is 4.79 Å². The van der Waals surface area contributed by atoms with E-state index in [1.165, 1.54) is 0 Å². The van der Waals surface area contributed by atoms with Crippen LogP contribution in [0.3, 0.4) is 0 Å². The van der Waals surface area contributed by atoms with Gasteiger partial charge in [-0.25, -0.2) is 0 Å². The number of hydrogen-bond donors (Lipinski definition) is 3. The summed E-state index contributed by atoms with van der Waals surface area (Å²) in [5.41, 5.74) is 0.281. The van der Waals surface area contributed by atoms with Crippen LogP contribution in [0.1, 0.15) is 23.8 Å². The molecule has 2 heterocycles. The second-order valence-corrected chi connectivity index (χ2v) is 4.01. The monoisotopic (exact) mass is 249 g/mol. The Labute approximate surface area is 104 Å². The average Bonchev–Trinajstić information content (AvgIpc) is 2.76. The molecule has 1 fully saturated rings. The lowest BCUT2D eigenvalue weighted by Gasteiger charge is -2.10. The number of nitrogens with zero attached hydrogens (tertiary/aromatic N) is 2. The molecule has 2 amide bonds. The number of amides is 2. The summed E-state index contributed by atoms with van der Waals surface area (Å²) in [4.78, 5) is 22.5. The predicted molar refractivity (Wildman–Crippen MR) is 65.1 cm³/mol. The zero-order chi connectivity index (χ0) is 13.0. The van der Waals surface area contributed by atoms with Gasteiger partial charge in [-0.2, -0.15) is 0 Å². The van der Waals surface area contributed by atoms with Gasteiger partial charge in [0.2, 0.25) is 5.91 Å². The van der Waals surface area contributed by atoms with Crippen LogP contribution in [0.15, 0.2) is 12.1 Å². The predicted octanol–water partition coefficient (Wildman–Crippen LogP) is -0.473. The standard InChI is InChI=1S/C11H15N5O2/c1-2-12-11(18)8-3-4-9(16-15-8)14-7-5-10(17)13-6-7/h3-4,7H,2,5-6H2,1H3,(H,12,18)(H,13,17)(H,14,16). The first kappa shape index (κ1) is 12.3. The first-order valence-corrected chi connectivity index (χ1v) is 5.84. The van der Waals surface area contributed by atoms with E-state index in [2.05, 4.69) is 26.1 Å². The fraction of sp³-hybridized carbons (Fsp3) is 0.455. The molecule has 96 valence electrons. The van der Waals surface area contributed by atoms with Gasteiger partial charge in [0.1, 0.15) is 5.82 Å². The number of aromatic nitrogens is 2. The first-order chi connectivity index (χ1) is 8.69. The lowest BCUT2D eigenvalue weighted by atomic mass is 10.2. The maximum Gasteiger partial charge on any atom is 0.271 e. The molecule has 1 aromatic heterocycles. The highest BCUT2D eigenvalue weighted by Crippen LogP contribution is 2.08. The van der Waals surface area contributed by atoms with Crippen LogP contribution in [0.2, 0.25) is 0 Å². The van der Waals surface area contributed by atoms with Crippen molar-refractivity contribution in [2.45, 2.75) is 19.4 Å². The number of carbonyl (C=O) groups excluding carboxylic acids is 2. The van der Waals surface area contributed by atoms with Crippen LogP contribution in [0, 0.1) is 0 Å². The van der Waals surface area contributed by atoms with E-state index in [0.29, 0.717) is 25.3 Å². The molecule has 1 aliphatic rings. The van der Waals surface area contributed by atoms with Crippen molar-refractivity contribution in [3.8, 4) is 0 Å². The van der Waals surface area contributed by atoms with Crippen LogP contribution in [0.5, 0.6) is 0 Å².